The van der Waals surface area contributed by atoms with Gasteiger partial charge in [-0.05, 0) is 44.1 Å². The molecule has 0 bridgehead atoms. The second kappa shape index (κ2) is 6.55. The summed E-state index contributed by atoms with van der Waals surface area (Å²) >= 11 is 3.99. The molecule has 1 aliphatic carbocycles. The fraction of sp³-hybridized carbons (Fsp3) is 0.133. The lowest BCUT2D eigenvalue weighted by Crippen LogP contribution is -2.10. The number of allylic oxidation sites excluding steroid dienone is 5. The van der Waals surface area contributed by atoms with E-state index >= 15 is 0 Å². The van der Waals surface area contributed by atoms with Gasteiger partial charge in [-0.25, -0.2) is 0 Å². The Bertz CT molecular complexity index is 809. The van der Waals surface area contributed by atoms with Gasteiger partial charge in [0.1, 0.15) is 16.1 Å². The van der Waals surface area contributed by atoms with E-state index in [9.17, 15) is 26.3 Å². The number of rotatable bonds is 1. The van der Waals surface area contributed by atoms with Crippen molar-refractivity contribution in [1.29, 1.82) is 5.26 Å². The number of nitrogens with zero attached hydrogens (tertiary/aromatic N) is 1. The Balaban J connectivity index is 2.80. The van der Waals surface area contributed by atoms with E-state index in [2.05, 4.69) is 15.9 Å². The summed E-state index contributed by atoms with van der Waals surface area (Å²) < 4.78 is 76.5. The first-order valence-electron chi connectivity index (χ1n) is 6.15. The van der Waals surface area contributed by atoms with Gasteiger partial charge in [-0.15, -0.1) is 0 Å². The minimum absolute atomic E-state index is 0.205. The number of hydrogen-bond acceptors (Lipinski definition) is 1. The van der Waals surface area contributed by atoms with Gasteiger partial charge in [-0.2, -0.15) is 31.6 Å². The van der Waals surface area contributed by atoms with Crippen LogP contribution in [-0.2, 0) is 0 Å². The van der Waals surface area contributed by atoms with Gasteiger partial charge in [0, 0.05) is 20.3 Å². The largest absolute Gasteiger partial charge is 0.426 e. The molecule has 0 N–H and O–H groups in total. The van der Waals surface area contributed by atoms with Crippen molar-refractivity contribution in [3.8, 4) is 6.07 Å². The van der Waals surface area contributed by atoms with Crippen LogP contribution in [0.4, 0.5) is 26.3 Å². The fourth-order valence-electron chi connectivity index (χ4n) is 2.01. The summed E-state index contributed by atoms with van der Waals surface area (Å²) in [6.07, 6.45) is -9.90. The van der Waals surface area contributed by atoms with Crippen molar-refractivity contribution < 1.29 is 26.3 Å². The maximum atomic E-state index is 13.0. The topological polar surface area (TPSA) is 23.8 Å². The molecule has 24 heavy (non-hydrogen) atoms. The van der Waals surface area contributed by atoms with Crippen molar-refractivity contribution in [2.45, 2.75) is 12.4 Å². The SMILES string of the molecule is N#C/C(=C1/C(=C(Br)C(F)(F)F)/C1=C(/I)c1ccccc1)C(F)(F)F. The molecule has 126 valence electrons. The highest BCUT2D eigenvalue weighted by molar-refractivity contribution is 14.1. The molecular weight excluding hydrogens is 515 g/mol. The van der Waals surface area contributed by atoms with Crippen LogP contribution < -0.4 is 0 Å². The molecule has 0 unspecified atom stereocenters. The minimum Gasteiger partial charge on any atom is -0.192 e. The highest BCUT2D eigenvalue weighted by atomic mass is 127. The number of hydrogen-bond donors (Lipinski definition) is 0. The Morgan fingerprint density at radius 3 is 1.88 bits per heavy atom. The molecule has 0 aliphatic heterocycles. The molecular formula is C15H5BrF6IN. The van der Waals surface area contributed by atoms with Gasteiger partial charge in [0.05, 0.1) is 0 Å². The normalized spacial score (nSPS) is 21.1. The molecule has 1 saturated carbocycles. The van der Waals surface area contributed by atoms with Crippen molar-refractivity contribution in [2.24, 2.45) is 0 Å². The Morgan fingerprint density at radius 1 is 0.917 bits per heavy atom. The standard InChI is InChI=1S/C15H5BrF6IN/c16-13(15(20,21)22)11-9(8(6-24)14(17,18)19)10(11)12(23)7-4-2-1-3-5-7/h1-5H/b9-8-,12-10+,13-11?. The minimum atomic E-state index is -5.04. The summed E-state index contributed by atoms with van der Waals surface area (Å²) in [4.78, 5) is 0. The van der Waals surface area contributed by atoms with Crippen molar-refractivity contribution in [1.82, 2.24) is 0 Å². The maximum absolute atomic E-state index is 13.0. The lowest BCUT2D eigenvalue weighted by molar-refractivity contribution is -0.0882. The summed E-state index contributed by atoms with van der Waals surface area (Å²) in [5.41, 5.74) is -2.76. The molecule has 1 fully saturated rings. The molecule has 1 nitrogen and oxygen atoms in total. The van der Waals surface area contributed by atoms with Crippen LogP contribution in [-0.4, -0.2) is 12.4 Å². The first-order chi connectivity index (χ1) is 11.0. The van der Waals surface area contributed by atoms with Crippen LogP contribution in [0.15, 0.2) is 57.1 Å². The molecule has 0 heterocycles. The Morgan fingerprint density at radius 2 is 1.46 bits per heavy atom. The van der Waals surface area contributed by atoms with Crippen molar-refractivity contribution in [2.75, 3.05) is 0 Å². The first kappa shape index (κ1) is 19.1. The molecule has 9 heteroatoms. The van der Waals surface area contributed by atoms with E-state index in [4.69, 9.17) is 5.26 Å². The predicted octanol–water partition coefficient (Wildman–Crippen LogP) is 6.44. The zero-order chi connectivity index (χ0) is 18.3. The van der Waals surface area contributed by atoms with E-state index in [1.807, 2.05) is 0 Å². The number of halogens is 8. The van der Waals surface area contributed by atoms with Crippen molar-refractivity contribution in [3.05, 3.63) is 62.7 Å². The molecule has 0 spiro atoms. The molecule has 0 atom stereocenters. The van der Waals surface area contributed by atoms with E-state index in [1.165, 1.54) is 0 Å². The van der Waals surface area contributed by atoms with Crippen LogP contribution in [0.3, 0.4) is 0 Å². The maximum Gasteiger partial charge on any atom is 0.426 e. The summed E-state index contributed by atoms with van der Waals surface area (Å²) in [6.45, 7) is 0. The van der Waals surface area contributed by atoms with Crippen LogP contribution in [0.25, 0.3) is 3.58 Å². The fourth-order valence-corrected chi connectivity index (χ4v) is 3.30. The van der Waals surface area contributed by atoms with Gasteiger partial charge >= 0.3 is 12.4 Å². The zero-order valence-corrected chi connectivity index (χ0v) is 15.1. The highest BCUT2D eigenvalue weighted by Gasteiger charge is 2.51. The molecule has 1 aliphatic rings. The summed E-state index contributed by atoms with van der Waals surface area (Å²) in [5.74, 6) is 0. The lowest BCUT2D eigenvalue weighted by Gasteiger charge is -2.03. The van der Waals surface area contributed by atoms with Crippen LogP contribution in [0.5, 0.6) is 0 Å². The van der Waals surface area contributed by atoms with Gasteiger partial charge in [-0.3, -0.25) is 0 Å². The molecule has 2 rings (SSSR count). The van der Waals surface area contributed by atoms with Crippen LogP contribution in [0, 0.1) is 11.3 Å². The third-order valence-electron chi connectivity index (χ3n) is 3.05. The Labute approximate surface area is 154 Å². The van der Waals surface area contributed by atoms with E-state index in [0.29, 0.717) is 5.56 Å². The van der Waals surface area contributed by atoms with Gasteiger partial charge in [0.2, 0.25) is 0 Å². The molecule has 0 radical (unpaired) electrons. The van der Waals surface area contributed by atoms with Crippen LogP contribution in [0.2, 0.25) is 0 Å². The van der Waals surface area contributed by atoms with Gasteiger partial charge in [-0.1, -0.05) is 30.3 Å². The summed E-state index contributed by atoms with van der Waals surface area (Å²) in [7, 11) is 0. The zero-order valence-electron chi connectivity index (χ0n) is 11.4. The van der Waals surface area contributed by atoms with Crippen LogP contribution in [0.1, 0.15) is 5.56 Å². The van der Waals surface area contributed by atoms with E-state index < -0.39 is 33.6 Å². The molecule has 1 aromatic carbocycles. The lowest BCUT2D eigenvalue weighted by atomic mass is 10.2. The number of benzene rings is 1. The van der Waals surface area contributed by atoms with E-state index in [-0.39, 0.29) is 9.15 Å². The van der Waals surface area contributed by atoms with Crippen LogP contribution >= 0.6 is 38.5 Å². The second-order valence-corrected chi connectivity index (χ2v) is 6.47. The average Bonchev–Trinajstić information content (AvgIpc) is 3.19. The smallest absolute Gasteiger partial charge is 0.192 e. The highest BCUT2D eigenvalue weighted by Crippen LogP contribution is 2.59. The van der Waals surface area contributed by atoms with Crippen molar-refractivity contribution >= 4 is 42.1 Å². The number of alkyl halides is 6. The monoisotopic (exact) mass is 519 g/mol. The number of nitriles is 1. The first-order valence-corrected chi connectivity index (χ1v) is 8.02. The Hall–Kier alpha value is -1.28. The third-order valence-corrected chi connectivity index (χ3v) is 5.06. The van der Waals surface area contributed by atoms with E-state index in [0.717, 1.165) is 6.07 Å². The Kier molecular flexibility index (Phi) is 5.20. The molecule has 0 amide bonds. The molecule has 0 saturated heterocycles. The van der Waals surface area contributed by atoms with Gasteiger partial charge in [0.25, 0.3) is 0 Å². The summed E-state index contributed by atoms with van der Waals surface area (Å²) in [5, 5.41) is 8.77. The predicted molar refractivity (Wildman–Crippen MR) is 88.1 cm³/mol. The van der Waals surface area contributed by atoms with Gasteiger partial charge < -0.3 is 0 Å². The third kappa shape index (κ3) is 3.69. The van der Waals surface area contributed by atoms with Crippen molar-refractivity contribution in [3.63, 3.8) is 0 Å². The quantitative estimate of drug-likeness (QED) is 0.238. The average molecular weight is 520 g/mol. The molecule has 0 aromatic heterocycles. The molecule has 1 aromatic rings. The second-order valence-electron chi connectivity index (χ2n) is 4.60. The summed E-state index contributed by atoms with van der Waals surface area (Å²) in [6, 6.07) is 8.97. The van der Waals surface area contributed by atoms with Gasteiger partial charge in [0.15, 0.2) is 0 Å². The van der Waals surface area contributed by atoms with E-state index in [1.54, 1.807) is 52.9 Å².